The van der Waals surface area contributed by atoms with Crippen molar-refractivity contribution in [3.05, 3.63) is 35.4 Å². The number of benzene rings is 1. The van der Waals surface area contributed by atoms with E-state index in [4.69, 9.17) is 0 Å². The summed E-state index contributed by atoms with van der Waals surface area (Å²) in [7, 11) is 1.78. The van der Waals surface area contributed by atoms with Crippen molar-refractivity contribution in [3.63, 3.8) is 0 Å². The minimum atomic E-state index is -0.586. The largest absolute Gasteiger partial charge is 0.389 e. The number of aliphatic hydroxyl groups is 1. The zero-order valence-electron chi connectivity index (χ0n) is 23.8. The Hall–Kier alpha value is -0.450. The van der Waals surface area contributed by atoms with E-state index in [1.807, 2.05) is 0 Å². The topological polar surface area (TPSA) is 37.3 Å². The van der Waals surface area contributed by atoms with Crippen molar-refractivity contribution in [1.29, 1.82) is 0 Å². The molecule has 37 heavy (non-hydrogen) atoms. The SMILES string of the molecule is CC(=O)CC(C(C)Cc1ccccc1C)C1CCC2(O)C3CCC4CC(SS)CCC4C3CC(C)C12C. The molecule has 4 saturated carbocycles. The van der Waals surface area contributed by atoms with Crippen molar-refractivity contribution in [2.45, 2.75) is 110 Å². The average molecular weight is 543 g/mol. The molecule has 206 valence electrons. The van der Waals surface area contributed by atoms with Crippen LogP contribution in [-0.4, -0.2) is 21.7 Å². The van der Waals surface area contributed by atoms with Crippen molar-refractivity contribution in [1.82, 2.24) is 0 Å². The lowest BCUT2D eigenvalue weighted by molar-refractivity contribution is -0.214. The molecule has 0 saturated heterocycles. The molecule has 1 aromatic rings. The fraction of sp³-hybridized carbons (Fsp3) is 0.788. The molecule has 0 bridgehead atoms. The highest BCUT2D eigenvalue weighted by atomic mass is 33.1. The highest BCUT2D eigenvalue weighted by Gasteiger charge is 2.68. The fourth-order valence-electron chi connectivity index (χ4n) is 10.4. The first-order valence-corrected chi connectivity index (χ1v) is 17.1. The number of aryl methyl sites for hydroxylation is 1. The van der Waals surface area contributed by atoms with Crippen LogP contribution < -0.4 is 0 Å². The predicted octanol–water partition coefficient (Wildman–Crippen LogP) is 8.35. The maximum absolute atomic E-state index is 12.8. The number of Topliss-reactive ketones (excluding diaryl/α,β-unsaturated/α-hetero) is 1. The van der Waals surface area contributed by atoms with E-state index in [1.54, 1.807) is 17.7 Å². The molecule has 0 aliphatic heterocycles. The normalized spacial score (nSPS) is 42.8. The van der Waals surface area contributed by atoms with Gasteiger partial charge in [-0.1, -0.05) is 55.8 Å². The van der Waals surface area contributed by atoms with Crippen LogP contribution in [-0.2, 0) is 11.2 Å². The minimum absolute atomic E-state index is 0.112. The van der Waals surface area contributed by atoms with Gasteiger partial charge in [-0.2, -0.15) is 0 Å². The lowest BCUT2D eigenvalue weighted by Gasteiger charge is -2.63. The van der Waals surface area contributed by atoms with Gasteiger partial charge in [0.05, 0.1) is 5.60 Å². The molecule has 0 spiro atoms. The van der Waals surface area contributed by atoms with Crippen LogP contribution in [0.5, 0.6) is 0 Å². The summed E-state index contributed by atoms with van der Waals surface area (Å²) >= 11 is 4.56. The standard InChI is InChI=1S/C33H50O2S2/c1-20-8-6-7-9-24(20)16-21(2)28(18-23(4)34)30-14-15-33(35)31-13-10-25-19-26(37-36)11-12-27(25)29(31)17-22(3)32(30,33)5/h6-9,21-22,25-31,35-36H,10-19H2,1-5H3. The number of hydrogen-bond donors (Lipinski definition) is 2. The van der Waals surface area contributed by atoms with Crippen molar-refractivity contribution >= 4 is 28.2 Å². The molecule has 1 aromatic carbocycles. The van der Waals surface area contributed by atoms with Crippen LogP contribution in [0, 0.1) is 59.7 Å². The summed E-state index contributed by atoms with van der Waals surface area (Å²) in [6.07, 6.45) is 11.4. The molecule has 4 aliphatic carbocycles. The summed E-state index contributed by atoms with van der Waals surface area (Å²) in [6.45, 7) is 11.3. The minimum Gasteiger partial charge on any atom is -0.389 e. The predicted molar refractivity (Wildman–Crippen MR) is 160 cm³/mol. The molecule has 11 unspecified atom stereocenters. The van der Waals surface area contributed by atoms with Crippen molar-refractivity contribution in [2.24, 2.45) is 52.8 Å². The van der Waals surface area contributed by atoms with Crippen LogP contribution in [0.15, 0.2) is 24.3 Å². The fourth-order valence-corrected chi connectivity index (χ4v) is 11.6. The molecule has 1 N–H and O–H groups in total. The summed E-state index contributed by atoms with van der Waals surface area (Å²) < 4.78 is 0. The lowest BCUT2D eigenvalue weighted by atomic mass is 9.44. The van der Waals surface area contributed by atoms with Gasteiger partial charge in [0.25, 0.3) is 0 Å². The van der Waals surface area contributed by atoms with Crippen molar-refractivity contribution in [2.75, 3.05) is 0 Å². The first-order chi connectivity index (χ1) is 17.6. The lowest BCUT2D eigenvalue weighted by Crippen LogP contribution is -2.63. The van der Waals surface area contributed by atoms with E-state index in [0.717, 1.165) is 31.1 Å². The zero-order valence-corrected chi connectivity index (χ0v) is 25.5. The van der Waals surface area contributed by atoms with Gasteiger partial charge in [-0.05, 0) is 130 Å². The Kier molecular flexibility index (Phi) is 8.24. The van der Waals surface area contributed by atoms with Crippen LogP contribution in [0.4, 0.5) is 0 Å². The summed E-state index contributed by atoms with van der Waals surface area (Å²) in [4.78, 5) is 12.6. The Balaban J connectivity index is 1.42. The summed E-state index contributed by atoms with van der Waals surface area (Å²) in [6, 6.07) is 8.73. The molecule has 0 heterocycles. The van der Waals surface area contributed by atoms with E-state index in [9.17, 15) is 9.90 Å². The molecular weight excluding hydrogens is 492 g/mol. The highest BCUT2D eigenvalue weighted by Crippen LogP contribution is 2.69. The number of ketones is 1. The molecule has 4 fully saturated rings. The van der Waals surface area contributed by atoms with Crippen LogP contribution in [0.1, 0.15) is 96.6 Å². The van der Waals surface area contributed by atoms with E-state index < -0.39 is 5.60 Å². The average Bonchev–Trinajstić information content (AvgIpc) is 3.16. The quantitative estimate of drug-likeness (QED) is 0.269. The van der Waals surface area contributed by atoms with Gasteiger partial charge in [-0.3, -0.25) is 0 Å². The van der Waals surface area contributed by atoms with E-state index in [-0.39, 0.29) is 5.41 Å². The van der Waals surface area contributed by atoms with Gasteiger partial charge in [-0.25, -0.2) is 0 Å². The van der Waals surface area contributed by atoms with Gasteiger partial charge in [-0.15, -0.1) is 11.7 Å². The molecule has 0 amide bonds. The highest BCUT2D eigenvalue weighted by molar-refractivity contribution is 8.68. The van der Waals surface area contributed by atoms with Gasteiger partial charge in [0, 0.05) is 17.1 Å². The van der Waals surface area contributed by atoms with Crippen molar-refractivity contribution < 1.29 is 9.90 Å². The van der Waals surface area contributed by atoms with Crippen LogP contribution in [0.3, 0.4) is 0 Å². The van der Waals surface area contributed by atoms with Crippen LogP contribution >= 0.6 is 22.5 Å². The van der Waals surface area contributed by atoms with E-state index >= 15 is 0 Å². The third-order valence-electron chi connectivity index (χ3n) is 12.4. The Labute approximate surface area is 235 Å². The van der Waals surface area contributed by atoms with Gasteiger partial charge in [0.1, 0.15) is 5.78 Å². The smallest absolute Gasteiger partial charge is 0.130 e. The zero-order chi connectivity index (χ0) is 26.5. The maximum atomic E-state index is 12.8. The molecule has 11 atom stereocenters. The third kappa shape index (κ3) is 4.77. The first kappa shape index (κ1) is 28.1. The van der Waals surface area contributed by atoms with E-state index in [2.05, 4.69) is 63.6 Å². The molecule has 4 aliphatic rings. The number of hydrogen-bond acceptors (Lipinski definition) is 4. The number of carbonyl (C=O) groups excluding carboxylic acids is 1. The van der Waals surface area contributed by atoms with Gasteiger partial charge < -0.3 is 9.90 Å². The number of thiol groups is 1. The summed E-state index contributed by atoms with van der Waals surface area (Å²) in [5, 5.41) is 13.5. The van der Waals surface area contributed by atoms with Gasteiger partial charge in [0.15, 0.2) is 0 Å². The second kappa shape index (κ2) is 10.8. The third-order valence-corrected chi connectivity index (χ3v) is 14.1. The number of carbonyl (C=O) groups is 1. The number of fused-ring (bicyclic) bond motifs is 5. The second-order valence-electron chi connectivity index (χ2n) is 14.0. The maximum Gasteiger partial charge on any atom is 0.130 e. The Morgan fingerprint density at radius 3 is 2.59 bits per heavy atom. The molecule has 0 radical (unpaired) electrons. The Bertz CT molecular complexity index is 979. The van der Waals surface area contributed by atoms with Crippen molar-refractivity contribution in [3.8, 4) is 0 Å². The van der Waals surface area contributed by atoms with Crippen LogP contribution in [0.2, 0.25) is 0 Å². The Morgan fingerprint density at radius 2 is 1.89 bits per heavy atom. The molecule has 0 aromatic heterocycles. The molecular formula is C33H50O2S2. The van der Waals surface area contributed by atoms with E-state index in [1.165, 1.54) is 49.7 Å². The van der Waals surface area contributed by atoms with Gasteiger partial charge in [0.2, 0.25) is 0 Å². The molecule has 4 heteroatoms. The number of rotatable bonds is 7. The molecule has 5 rings (SSSR count). The monoisotopic (exact) mass is 542 g/mol. The van der Waals surface area contributed by atoms with Crippen LogP contribution in [0.25, 0.3) is 0 Å². The molecule has 2 nitrogen and oxygen atoms in total. The second-order valence-corrected chi connectivity index (χ2v) is 15.5. The van der Waals surface area contributed by atoms with E-state index in [0.29, 0.717) is 53.0 Å². The summed E-state index contributed by atoms with van der Waals surface area (Å²) in [5.74, 6) is 4.68. The summed E-state index contributed by atoms with van der Waals surface area (Å²) in [5.41, 5.74) is 2.06. The Morgan fingerprint density at radius 1 is 1.14 bits per heavy atom. The first-order valence-electron chi connectivity index (χ1n) is 15.2. The van der Waals surface area contributed by atoms with Gasteiger partial charge >= 0.3 is 0 Å².